The summed E-state index contributed by atoms with van der Waals surface area (Å²) in [6.45, 7) is 2.99. The van der Waals surface area contributed by atoms with Crippen LogP contribution in [0.15, 0.2) is 24.3 Å². The quantitative estimate of drug-likeness (QED) is 0.860. The van der Waals surface area contributed by atoms with Crippen molar-refractivity contribution in [3.05, 3.63) is 35.4 Å². The van der Waals surface area contributed by atoms with Crippen LogP contribution in [0.5, 0.6) is 0 Å². The molecule has 4 nitrogen and oxygen atoms in total. The SMILES string of the molecule is C[C@@H]1C[C@H](NC(=O)N[C@@H]2CCO[C@]3(CCSC3)C2)c2ccccc21. The van der Waals surface area contributed by atoms with Gasteiger partial charge in [-0.3, -0.25) is 0 Å². The minimum absolute atomic E-state index is 0.00926. The Morgan fingerprint density at radius 2 is 2.12 bits per heavy atom. The van der Waals surface area contributed by atoms with E-state index in [1.165, 1.54) is 16.9 Å². The van der Waals surface area contributed by atoms with Crippen molar-refractivity contribution >= 4 is 17.8 Å². The molecule has 3 aliphatic rings. The summed E-state index contributed by atoms with van der Waals surface area (Å²) in [5.41, 5.74) is 2.65. The van der Waals surface area contributed by atoms with E-state index in [2.05, 4.69) is 41.8 Å². The second-order valence-electron chi connectivity index (χ2n) is 7.46. The summed E-state index contributed by atoms with van der Waals surface area (Å²) >= 11 is 1.97. The Bertz CT molecular complexity index is 615. The minimum atomic E-state index is -0.0309. The highest BCUT2D eigenvalue weighted by Crippen LogP contribution is 2.40. The third kappa shape index (κ3) is 3.16. The average molecular weight is 346 g/mol. The van der Waals surface area contributed by atoms with Crippen LogP contribution in [-0.2, 0) is 4.74 Å². The predicted octanol–water partition coefficient (Wildman–Crippen LogP) is 3.59. The van der Waals surface area contributed by atoms with Crippen LogP contribution in [0.25, 0.3) is 0 Å². The average Bonchev–Trinajstić information content (AvgIpc) is 3.13. The monoisotopic (exact) mass is 346 g/mol. The molecule has 130 valence electrons. The predicted molar refractivity (Wildman–Crippen MR) is 97.5 cm³/mol. The maximum absolute atomic E-state index is 12.5. The number of ether oxygens (including phenoxy) is 1. The maximum Gasteiger partial charge on any atom is 0.315 e. The highest BCUT2D eigenvalue weighted by atomic mass is 32.2. The summed E-state index contributed by atoms with van der Waals surface area (Å²) in [5, 5.41) is 6.40. The molecule has 2 heterocycles. The number of carbonyl (C=O) groups excluding carboxylic acids is 1. The van der Waals surface area contributed by atoms with E-state index in [9.17, 15) is 4.79 Å². The first-order valence-corrected chi connectivity index (χ1v) is 10.2. The van der Waals surface area contributed by atoms with Crippen LogP contribution < -0.4 is 10.6 Å². The Morgan fingerprint density at radius 3 is 2.92 bits per heavy atom. The number of thioether (sulfide) groups is 1. The largest absolute Gasteiger partial charge is 0.374 e. The summed E-state index contributed by atoms with van der Waals surface area (Å²) < 4.78 is 6.04. The number of carbonyl (C=O) groups is 1. The van der Waals surface area contributed by atoms with E-state index in [1.807, 2.05) is 11.8 Å². The van der Waals surface area contributed by atoms with Crippen molar-refractivity contribution in [2.24, 2.45) is 0 Å². The van der Waals surface area contributed by atoms with E-state index < -0.39 is 0 Å². The summed E-state index contributed by atoms with van der Waals surface area (Å²) in [7, 11) is 0. The molecule has 1 aromatic carbocycles. The van der Waals surface area contributed by atoms with Gasteiger partial charge >= 0.3 is 6.03 Å². The molecule has 2 N–H and O–H groups in total. The minimum Gasteiger partial charge on any atom is -0.374 e. The molecule has 5 heteroatoms. The molecule has 4 rings (SSSR count). The highest BCUT2D eigenvalue weighted by molar-refractivity contribution is 7.99. The van der Waals surface area contributed by atoms with Gasteiger partial charge in [0, 0.05) is 18.4 Å². The summed E-state index contributed by atoms with van der Waals surface area (Å²) in [6.07, 6.45) is 3.97. The van der Waals surface area contributed by atoms with Crippen molar-refractivity contribution in [2.75, 3.05) is 18.1 Å². The van der Waals surface area contributed by atoms with Gasteiger partial charge in [0.2, 0.25) is 0 Å². The molecular weight excluding hydrogens is 320 g/mol. The van der Waals surface area contributed by atoms with Gasteiger partial charge in [-0.2, -0.15) is 11.8 Å². The van der Waals surface area contributed by atoms with Gasteiger partial charge in [0.25, 0.3) is 0 Å². The molecule has 0 unspecified atom stereocenters. The van der Waals surface area contributed by atoms with Crippen LogP contribution in [-0.4, -0.2) is 35.8 Å². The number of fused-ring (bicyclic) bond motifs is 1. The molecular formula is C19H26N2O2S. The van der Waals surface area contributed by atoms with Gasteiger partial charge in [0.05, 0.1) is 11.6 Å². The fourth-order valence-electron chi connectivity index (χ4n) is 4.42. The summed E-state index contributed by atoms with van der Waals surface area (Å²) in [4.78, 5) is 12.5. The van der Waals surface area contributed by atoms with Gasteiger partial charge < -0.3 is 15.4 Å². The Hall–Kier alpha value is -1.20. The lowest BCUT2D eigenvalue weighted by molar-refractivity contribution is -0.0684. The normalized spacial score (nSPS) is 35.0. The number of hydrogen-bond acceptors (Lipinski definition) is 3. The molecule has 2 saturated heterocycles. The van der Waals surface area contributed by atoms with Crippen molar-refractivity contribution in [3.8, 4) is 0 Å². The molecule has 2 amide bonds. The maximum atomic E-state index is 12.5. The van der Waals surface area contributed by atoms with Crippen molar-refractivity contribution in [1.29, 1.82) is 0 Å². The zero-order valence-corrected chi connectivity index (χ0v) is 15.0. The molecule has 1 spiro atoms. The molecule has 4 atom stereocenters. The van der Waals surface area contributed by atoms with E-state index in [-0.39, 0.29) is 23.7 Å². The van der Waals surface area contributed by atoms with Gasteiger partial charge in [-0.25, -0.2) is 4.79 Å². The molecule has 0 radical (unpaired) electrons. The number of amides is 2. The lowest BCUT2D eigenvalue weighted by Crippen LogP contribution is -2.51. The first-order valence-electron chi connectivity index (χ1n) is 9.03. The molecule has 2 fully saturated rings. The number of benzene rings is 1. The Balaban J connectivity index is 1.36. The van der Waals surface area contributed by atoms with Crippen LogP contribution in [0.1, 0.15) is 55.7 Å². The number of urea groups is 1. The van der Waals surface area contributed by atoms with E-state index in [0.29, 0.717) is 5.92 Å². The highest BCUT2D eigenvalue weighted by Gasteiger charge is 2.41. The smallest absolute Gasteiger partial charge is 0.315 e. The van der Waals surface area contributed by atoms with Crippen LogP contribution in [0.3, 0.4) is 0 Å². The van der Waals surface area contributed by atoms with Crippen molar-refractivity contribution in [2.45, 2.75) is 56.2 Å². The number of nitrogens with one attached hydrogen (secondary N) is 2. The zero-order valence-electron chi connectivity index (χ0n) is 14.2. The first-order chi connectivity index (χ1) is 11.7. The Kier molecular flexibility index (Phi) is 4.48. The Labute approximate surface area is 148 Å². The van der Waals surface area contributed by atoms with Crippen molar-refractivity contribution in [1.82, 2.24) is 10.6 Å². The van der Waals surface area contributed by atoms with E-state index in [4.69, 9.17) is 4.74 Å². The van der Waals surface area contributed by atoms with E-state index >= 15 is 0 Å². The fraction of sp³-hybridized carbons (Fsp3) is 0.632. The van der Waals surface area contributed by atoms with Crippen LogP contribution in [0.4, 0.5) is 4.79 Å². The van der Waals surface area contributed by atoms with E-state index in [0.717, 1.165) is 38.0 Å². The number of rotatable bonds is 2. The fourth-order valence-corrected chi connectivity index (χ4v) is 5.80. The molecule has 0 bridgehead atoms. The van der Waals surface area contributed by atoms with Crippen molar-refractivity contribution < 1.29 is 9.53 Å². The first kappa shape index (κ1) is 16.3. The standard InChI is InChI=1S/C19H26N2O2S/c1-13-10-17(16-5-3-2-4-15(13)16)21-18(22)20-14-6-8-23-19(11-14)7-9-24-12-19/h2-5,13-14,17H,6-12H2,1H3,(H2,20,21,22)/t13-,14-,17+,19-/m1/s1. The van der Waals surface area contributed by atoms with Gasteiger partial charge in [-0.15, -0.1) is 0 Å². The van der Waals surface area contributed by atoms with Gasteiger partial charge in [0.15, 0.2) is 0 Å². The summed E-state index contributed by atoms with van der Waals surface area (Å²) in [5.74, 6) is 2.75. The topological polar surface area (TPSA) is 50.4 Å². The third-order valence-corrected chi connectivity index (χ3v) is 6.92. The summed E-state index contributed by atoms with van der Waals surface area (Å²) in [6, 6.07) is 8.79. The molecule has 0 saturated carbocycles. The third-order valence-electron chi connectivity index (χ3n) is 5.69. The second kappa shape index (κ2) is 6.60. The lowest BCUT2D eigenvalue weighted by atomic mass is 9.90. The van der Waals surface area contributed by atoms with Gasteiger partial charge in [0.1, 0.15) is 0 Å². The van der Waals surface area contributed by atoms with Gasteiger partial charge in [-0.05, 0) is 48.5 Å². The molecule has 1 aromatic rings. The van der Waals surface area contributed by atoms with Crippen LogP contribution >= 0.6 is 11.8 Å². The second-order valence-corrected chi connectivity index (χ2v) is 8.57. The lowest BCUT2D eigenvalue weighted by Gasteiger charge is -2.38. The van der Waals surface area contributed by atoms with Crippen LogP contribution in [0, 0.1) is 0 Å². The molecule has 1 aliphatic carbocycles. The molecule has 2 aliphatic heterocycles. The molecule has 0 aromatic heterocycles. The van der Waals surface area contributed by atoms with Crippen LogP contribution in [0.2, 0.25) is 0 Å². The zero-order chi connectivity index (χ0) is 16.6. The van der Waals surface area contributed by atoms with Gasteiger partial charge in [-0.1, -0.05) is 31.2 Å². The molecule has 24 heavy (non-hydrogen) atoms. The Morgan fingerprint density at radius 1 is 1.29 bits per heavy atom. The number of hydrogen-bond donors (Lipinski definition) is 2. The van der Waals surface area contributed by atoms with Crippen molar-refractivity contribution in [3.63, 3.8) is 0 Å². The van der Waals surface area contributed by atoms with E-state index in [1.54, 1.807) is 0 Å².